The quantitative estimate of drug-likeness (QED) is 0.723. The number of pyridine rings is 1. The van der Waals surface area contributed by atoms with Crippen LogP contribution in [0.3, 0.4) is 0 Å². The minimum Gasteiger partial charge on any atom is -0.454 e. The van der Waals surface area contributed by atoms with Gasteiger partial charge >= 0.3 is 0 Å². The fraction of sp³-hybridized carbons (Fsp3) is 0.235. The molecule has 3 heterocycles. The van der Waals surface area contributed by atoms with Gasteiger partial charge in [0.2, 0.25) is 6.79 Å². The molecular formula is C17H14ClN3O4. The van der Waals surface area contributed by atoms with Gasteiger partial charge < -0.3 is 14.6 Å². The van der Waals surface area contributed by atoms with E-state index in [4.69, 9.17) is 21.1 Å². The Balaban J connectivity index is 2.02. The molecule has 0 bridgehead atoms. The molecule has 0 saturated heterocycles. The second-order valence-corrected chi connectivity index (χ2v) is 6.10. The van der Waals surface area contributed by atoms with Crippen molar-refractivity contribution in [2.45, 2.75) is 13.0 Å². The number of nitrogens with zero attached hydrogens (tertiary/aromatic N) is 3. The van der Waals surface area contributed by atoms with Gasteiger partial charge in [-0.3, -0.25) is 9.36 Å². The fourth-order valence-electron chi connectivity index (χ4n) is 2.82. The van der Waals surface area contributed by atoms with Crippen molar-refractivity contribution in [1.29, 1.82) is 0 Å². The number of hydrogen-bond donors (Lipinski definition) is 1. The third-order valence-electron chi connectivity index (χ3n) is 4.13. The van der Waals surface area contributed by atoms with E-state index in [2.05, 4.69) is 9.97 Å². The van der Waals surface area contributed by atoms with Gasteiger partial charge in [0, 0.05) is 5.56 Å². The first-order valence-electron chi connectivity index (χ1n) is 7.67. The van der Waals surface area contributed by atoms with Gasteiger partial charge in [0.05, 0.1) is 24.4 Å². The van der Waals surface area contributed by atoms with E-state index < -0.39 is 6.04 Å². The molecule has 4 rings (SSSR count). The highest BCUT2D eigenvalue weighted by Crippen LogP contribution is 2.42. The molecule has 1 atom stereocenters. The van der Waals surface area contributed by atoms with Gasteiger partial charge in [0.25, 0.3) is 5.56 Å². The molecule has 0 radical (unpaired) electrons. The number of ether oxygens (including phenoxy) is 2. The lowest BCUT2D eigenvalue weighted by Crippen LogP contribution is -2.25. The zero-order valence-electron chi connectivity index (χ0n) is 13.3. The Labute approximate surface area is 147 Å². The Hall–Kier alpha value is -2.64. The third kappa shape index (κ3) is 2.52. The average molecular weight is 360 g/mol. The first-order chi connectivity index (χ1) is 12.1. The van der Waals surface area contributed by atoms with Gasteiger partial charge in [-0.25, -0.2) is 9.97 Å². The maximum absolute atomic E-state index is 12.8. The second-order valence-electron chi connectivity index (χ2n) is 5.72. The number of hydrogen-bond acceptors (Lipinski definition) is 6. The van der Waals surface area contributed by atoms with Gasteiger partial charge in [0.15, 0.2) is 11.5 Å². The Morgan fingerprint density at radius 3 is 3.04 bits per heavy atom. The van der Waals surface area contributed by atoms with E-state index in [1.54, 1.807) is 13.0 Å². The highest BCUT2D eigenvalue weighted by Gasteiger charge is 2.22. The lowest BCUT2D eigenvalue weighted by atomic mass is 10.1. The molecule has 0 saturated carbocycles. The van der Waals surface area contributed by atoms with Crippen molar-refractivity contribution in [2.24, 2.45) is 0 Å². The second kappa shape index (κ2) is 6.02. The Kier molecular flexibility index (Phi) is 3.82. The summed E-state index contributed by atoms with van der Waals surface area (Å²) in [7, 11) is 0. The minimum atomic E-state index is -0.391. The molecule has 0 aliphatic carbocycles. The molecule has 0 fully saturated rings. The number of aromatic nitrogens is 3. The molecule has 2 aromatic heterocycles. The molecular weight excluding hydrogens is 346 g/mol. The van der Waals surface area contributed by atoms with Gasteiger partial charge in [-0.15, -0.1) is 0 Å². The van der Waals surface area contributed by atoms with Crippen molar-refractivity contribution in [3.8, 4) is 22.8 Å². The summed E-state index contributed by atoms with van der Waals surface area (Å²) in [4.78, 5) is 21.5. The van der Waals surface area contributed by atoms with Crippen LogP contribution >= 0.6 is 11.6 Å². The SMILES string of the molecule is C[C@@H](CO)n1cnc2c(-c3cccc4c3OCO4)nc(Cl)cc2c1=O. The fourth-order valence-corrected chi connectivity index (χ4v) is 3.01. The molecule has 1 aromatic carbocycles. The predicted molar refractivity (Wildman–Crippen MR) is 92.2 cm³/mol. The number of aliphatic hydroxyl groups is 1. The van der Waals surface area contributed by atoms with Gasteiger partial charge in [-0.05, 0) is 25.1 Å². The van der Waals surface area contributed by atoms with Crippen LogP contribution in [0.2, 0.25) is 5.15 Å². The number of aliphatic hydroxyl groups excluding tert-OH is 1. The first-order valence-corrected chi connectivity index (χ1v) is 8.05. The van der Waals surface area contributed by atoms with Gasteiger partial charge in [-0.2, -0.15) is 0 Å². The molecule has 1 aliphatic rings. The monoisotopic (exact) mass is 359 g/mol. The van der Waals surface area contributed by atoms with Crippen LogP contribution in [-0.2, 0) is 0 Å². The minimum absolute atomic E-state index is 0.124. The summed E-state index contributed by atoms with van der Waals surface area (Å²) in [6.07, 6.45) is 1.41. The van der Waals surface area contributed by atoms with Crippen molar-refractivity contribution in [2.75, 3.05) is 13.4 Å². The van der Waals surface area contributed by atoms with Crippen molar-refractivity contribution in [1.82, 2.24) is 14.5 Å². The van der Waals surface area contributed by atoms with E-state index in [9.17, 15) is 9.90 Å². The van der Waals surface area contributed by atoms with Crippen LogP contribution in [0.5, 0.6) is 11.5 Å². The number of fused-ring (bicyclic) bond motifs is 2. The van der Waals surface area contributed by atoms with E-state index in [0.717, 1.165) is 0 Å². The molecule has 0 amide bonds. The lowest BCUT2D eigenvalue weighted by molar-refractivity contribution is 0.174. The van der Waals surface area contributed by atoms with Crippen LogP contribution in [0.15, 0.2) is 35.4 Å². The number of rotatable bonds is 3. The first kappa shape index (κ1) is 15.9. The summed E-state index contributed by atoms with van der Waals surface area (Å²) in [6.45, 7) is 1.68. The maximum Gasteiger partial charge on any atom is 0.261 e. The average Bonchev–Trinajstić information content (AvgIpc) is 3.10. The summed E-state index contributed by atoms with van der Waals surface area (Å²) in [6, 6.07) is 6.51. The summed E-state index contributed by atoms with van der Waals surface area (Å²) in [5.74, 6) is 1.16. The van der Waals surface area contributed by atoms with E-state index in [1.165, 1.54) is 17.0 Å². The van der Waals surface area contributed by atoms with Crippen LogP contribution in [0.25, 0.3) is 22.2 Å². The van der Waals surface area contributed by atoms with Crippen molar-refractivity contribution >= 4 is 22.5 Å². The number of para-hydroxylation sites is 1. The zero-order chi connectivity index (χ0) is 17.6. The number of halogens is 1. The molecule has 7 nitrogen and oxygen atoms in total. The van der Waals surface area contributed by atoms with Gasteiger partial charge in [0.1, 0.15) is 16.4 Å². The largest absolute Gasteiger partial charge is 0.454 e. The molecule has 3 aromatic rings. The zero-order valence-corrected chi connectivity index (χ0v) is 14.0. The highest BCUT2D eigenvalue weighted by molar-refractivity contribution is 6.30. The van der Waals surface area contributed by atoms with Crippen LogP contribution in [-0.4, -0.2) is 33.0 Å². The maximum atomic E-state index is 12.8. The summed E-state index contributed by atoms with van der Waals surface area (Å²) in [5, 5.41) is 9.82. The molecule has 8 heteroatoms. The molecule has 128 valence electrons. The summed E-state index contributed by atoms with van der Waals surface area (Å²) < 4.78 is 12.3. The van der Waals surface area contributed by atoms with Crippen LogP contribution in [0, 0.1) is 0 Å². The van der Waals surface area contributed by atoms with E-state index in [0.29, 0.717) is 33.7 Å². The molecule has 0 unspecified atom stereocenters. The summed E-state index contributed by atoms with van der Waals surface area (Å²) in [5.41, 5.74) is 1.23. The smallest absolute Gasteiger partial charge is 0.261 e. The third-order valence-corrected chi connectivity index (χ3v) is 4.32. The lowest BCUT2D eigenvalue weighted by Gasteiger charge is -2.14. The van der Waals surface area contributed by atoms with Gasteiger partial charge in [-0.1, -0.05) is 17.7 Å². The van der Waals surface area contributed by atoms with Crippen molar-refractivity contribution in [3.63, 3.8) is 0 Å². The van der Waals surface area contributed by atoms with Crippen LogP contribution in [0.1, 0.15) is 13.0 Å². The van der Waals surface area contributed by atoms with Crippen molar-refractivity contribution in [3.05, 3.63) is 46.1 Å². The molecule has 25 heavy (non-hydrogen) atoms. The standard InChI is InChI=1S/C17H14ClN3O4/c1-9(6-22)21-7-19-14-11(17(21)23)5-13(18)20-15(14)10-3-2-4-12-16(10)25-8-24-12/h2-5,7,9,22H,6,8H2,1H3/t9-/m0/s1. The molecule has 1 N–H and O–H groups in total. The molecule has 0 spiro atoms. The van der Waals surface area contributed by atoms with E-state index in [-0.39, 0.29) is 24.1 Å². The van der Waals surface area contributed by atoms with Crippen LogP contribution < -0.4 is 15.0 Å². The van der Waals surface area contributed by atoms with E-state index >= 15 is 0 Å². The van der Waals surface area contributed by atoms with E-state index in [1.807, 2.05) is 12.1 Å². The Bertz CT molecular complexity index is 1030. The predicted octanol–water partition coefficient (Wildman–Crippen LogP) is 2.39. The highest BCUT2D eigenvalue weighted by atomic mass is 35.5. The Morgan fingerprint density at radius 1 is 1.40 bits per heavy atom. The van der Waals surface area contributed by atoms with Crippen molar-refractivity contribution < 1.29 is 14.6 Å². The summed E-state index contributed by atoms with van der Waals surface area (Å²) >= 11 is 6.15. The van der Waals surface area contributed by atoms with Crippen LogP contribution in [0.4, 0.5) is 0 Å². The normalized spacial score (nSPS) is 14.0. The topological polar surface area (TPSA) is 86.5 Å². The molecule has 1 aliphatic heterocycles. The number of benzene rings is 1. The Morgan fingerprint density at radius 2 is 2.24 bits per heavy atom.